The highest BCUT2D eigenvalue weighted by atomic mass is 31.2. The Morgan fingerprint density at radius 1 is 0.279 bits per heavy atom. The molecule has 0 saturated heterocycles. The number of phosphoric ester groups is 2. The van der Waals surface area contributed by atoms with E-state index in [9.17, 15) is 43.2 Å². The molecule has 0 rings (SSSR count). The molecule has 0 heterocycles. The van der Waals surface area contributed by atoms with Crippen molar-refractivity contribution >= 4 is 39.5 Å². The summed E-state index contributed by atoms with van der Waals surface area (Å²) < 4.78 is 68.6. The molecule has 0 radical (unpaired) electrons. The Morgan fingerprint density at radius 3 is 0.827 bits per heavy atom. The van der Waals surface area contributed by atoms with Crippen LogP contribution >= 0.6 is 15.6 Å². The minimum absolute atomic E-state index is 0.0377. The number of rotatable bonds is 77. The van der Waals surface area contributed by atoms with Crippen molar-refractivity contribution in [3.05, 3.63) is 109 Å². The zero-order valence-electron chi connectivity index (χ0n) is 65.7. The molecular weight excluding hydrogens is 1350 g/mol. The second kappa shape index (κ2) is 76.9. The van der Waals surface area contributed by atoms with Crippen LogP contribution in [0, 0.1) is 0 Å². The third kappa shape index (κ3) is 75.9. The molecule has 0 aromatic carbocycles. The Morgan fingerprint density at radius 2 is 0.519 bits per heavy atom. The van der Waals surface area contributed by atoms with Gasteiger partial charge in [0.1, 0.15) is 19.3 Å². The van der Waals surface area contributed by atoms with Gasteiger partial charge in [0.2, 0.25) is 0 Å². The molecule has 17 nitrogen and oxygen atoms in total. The minimum atomic E-state index is -4.99. The third-order valence-electron chi connectivity index (χ3n) is 17.3. The van der Waals surface area contributed by atoms with E-state index in [0.717, 1.165) is 148 Å². The highest BCUT2D eigenvalue weighted by Crippen LogP contribution is 2.45. The van der Waals surface area contributed by atoms with Crippen molar-refractivity contribution in [1.82, 2.24) is 0 Å². The van der Waals surface area contributed by atoms with Gasteiger partial charge in [0.25, 0.3) is 0 Å². The molecule has 0 fully saturated rings. The number of aliphatic hydroxyl groups is 1. The van der Waals surface area contributed by atoms with Crippen LogP contribution in [-0.4, -0.2) is 96.7 Å². The molecule has 0 aromatic rings. The number of phosphoric acid groups is 2. The first kappa shape index (κ1) is 99.7. The molecule has 0 bridgehead atoms. The minimum Gasteiger partial charge on any atom is -0.462 e. The number of unbranched alkanes of at least 4 members (excludes halogenated alkanes) is 33. The molecule has 5 unspecified atom stereocenters. The van der Waals surface area contributed by atoms with Crippen molar-refractivity contribution in [2.45, 2.75) is 367 Å². The standard InChI is InChI=1S/C85H148O17P2/c1-5-9-13-17-21-25-29-33-36-38-39-41-44-47-50-54-58-62-66-70-83(88)95-75-80(101-84(89)71-67-63-59-55-51-45-32-28-24-20-16-12-8-4)77-99-103(91,92)97-73-79(86)74-98-104(93,94)100-78-81(102-85(90)72-68-64-60-56-52-48-42-35-31-27-23-19-15-11-7-3)76-96-82(87)69-65-61-57-53-49-46-43-40-37-34-30-26-22-18-14-10-6-2/h9-10,13-14,21-22,25-26,33-34,36-37,39,41,47,50,58,62,79-81,86H,5-8,11-12,15-20,23-24,27-32,35,38,40,42-46,48-49,51-57,59-61,63-78H2,1-4H3,(H,91,92)(H,93,94)/b13-9-,14-10-,25-21-,26-22-,36-33-,37-34-,41-39-,50-47-,62-58-. The second-order valence-corrected chi connectivity index (χ2v) is 30.2. The monoisotopic (exact) mass is 1500 g/mol. The zero-order valence-corrected chi connectivity index (χ0v) is 67.5. The number of aliphatic hydroxyl groups excluding tert-OH is 1. The van der Waals surface area contributed by atoms with Crippen LogP contribution in [0.15, 0.2) is 109 Å². The van der Waals surface area contributed by atoms with Gasteiger partial charge in [0.05, 0.1) is 26.4 Å². The van der Waals surface area contributed by atoms with E-state index < -0.39 is 97.5 Å². The van der Waals surface area contributed by atoms with Crippen molar-refractivity contribution in [3.8, 4) is 0 Å². The summed E-state index contributed by atoms with van der Waals surface area (Å²) in [6.07, 6.45) is 83.6. The number of hydrogen-bond donors (Lipinski definition) is 3. The van der Waals surface area contributed by atoms with Gasteiger partial charge < -0.3 is 33.8 Å². The van der Waals surface area contributed by atoms with Crippen LogP contribution in [-0.2, 0) is 65.4 Å². The maximum atomic E-state index is 13.1. The molecule has 0 spiro atoms. The van der Waals surface area contributed by atoms with E-state index >= 15 is 0 Å². The molecule has 600 valence electrons. The highest BCUT2D eigenvalue weighted by Gasteiger charge is 2.30. The average molecular weight is 1500 g/mol. The van der Waals surface area contributed by atoms with E-state index in [0.29, 0.717) is 32.1 Å². The van der Waals surface area contributed by atoms with Crippen molar-refractivity contribution in [3.63, 3.8) is 0 Å². The fourth-order valence-electron chi connectivity index (χ4n) is 11.1. The van der Waals surface area contributed by atoms with E-state index in [2.05, 4.69) is 119 Å². The van der Waals surface area contributed by atoms with Gasteiger partial charge in [0, 0.05) is 25.7 Å². The molecule has 0 aliphatic carbocycles. The Hall–Kier alpha value is -4.28. The normalized spacial score (nSPS) is 14.4. The van der Waals surface area contributed by atoms with Gasteiger partial charge >= 0.3 is 39.5 Å². The lowest BCUT2D eigenvalue weighted by atomic mass is 10.0. The van der Waals surface area contributed by atoms with Crippen molar-refractivity contribution in [2.24, 2.45) is 0 Å². The zero-order chi connectivity index (χ0) is 76.0. The fourth-order valence-corrected chi connectivity index (χ4v) is 12.7. The first-order chi connectivity index (χ1) is 50.7. The first-order valence-corrected chi connectivity index (χ1v) is 44.1. The first-order valence-electron chi connectivity index (χ1n) is 41.1. The summed E-state index contributed by atoms with van der Waals surface area (Å²) in [6, 6.07) is 0. The van der Waals surface area contributed by atoms with Gasteiger partial charge in [-0.25, -0.2) is 9.13 Å². The number of carbonyl (C=O) groups is 4. The largest absolute Gasteiger partial charge is 0.472 e. The van der Waals surface area contributed by atoms with Crippen molar-refractivity contribution in [1.29, 1.82) is 0 Å². The molecule has 0 aromatic heterocycles. The van der Waals surface area contributed by atoms with E-state index in [1.165, 1.54) is 116 Å². The predicted molar refractivity (Wildman–Crippen MR) is 427 cm³/mol. The van der Waals surface area contributed by atoms with Gasteiger partial charge in [-0.3, -0.25) is 37.3 Å². The van der Waals surface area contributed by atoms with Crippen molar-refractivity contribution in [2.75, 3.05) is 39.6 Å². The number of hydrogen-bond acceptors (Lipinski definition) is 15. The molecule has 0 aliphatic heterocycles. The summed E-state index contributed by atoms with van der Waals surface area (Å²) in [5, 5.41) is 10.6. The van der Waals surface area contributed by atoms with Crippen LogP contribution in [0.5, 0.6) is 0 Å². The second-order valence-electron chi connectivity index (χ2n) is 27.3. The van der Waals surface area contributed by atoms with Gasteiger partial charge in [-0.05, 0) is 96.3 Å². The number of carbonyl (C=O) groups excluding carboxylic acids is 4. The number of ether oxygens (including phenoxy) is 4. The summed E-state index contributed by atoms with van der Waals surface area (Å²) in [6.45, 7) is 4.61. The van der Waals surface area contributed by atoms with E-state index in [1.54, 1.807) is 0 Å². The van der Waals surface area contributed by atoms with E-state index in [4.69, 9.17) is 37.0 Å². The Labute approximate surface area is 632 Å². The molecular formula is C85H148O17P2. The van der Waals surface area contributed by atoms with Gasteiger partial charge in [-0.2, -0.15) is 0 Å². The molecule has 0 amide bonds. The maximum absolute atomic E-state index is 13.1. The van der Waals surface area contributed by atoms with Gasteiger partial charge in [0.15, 0.2) is 12.2 Å². The molecule has 104 heavy (non-hydrogen) atoms. The van der Waals surface area contributed by atoms with Crippen molar-refractivity contribution < 1.29 is 80.2 Å². The molecule has 5 atom stereocenters. The summed E-state index contributed by atoms with van der Waals surface area (Å²) in [4.78, 5) is 73.1. The Bertz CT molecular complexity index is 2390. The topological polar surface area (TPSA) is 237 Å². The van der Waals surface area contributed by atoms with E-state index in [1.807, 2.05) is 18.2 Å². The van der Waals surface area contributed by atoms with Crippen LogP contribution in [0.25, 0.3) is 0 Å². The van der Waals surface area contributed by atoms with E-state index in [-0.39, 0.29) is 25.7 Å². The Balaban J connectivity index is 5.39. The van der Waals surface area contributed by atoms with Crippen LogP contribution in [0.2, 0.25) is 0 Å². The maximum Gasteiger partial charge on any atom is 0.472 e. The summed E-state index contributed by atoms with van der Waals surface area (Å²) in [7, 11) is -9.97. The molecule has 0 aliphatic rings. The summed E-state index contributed by atoms with van der Waals surface area (Å²) in [5.74, 6) is -2.26. The van der Waals surface area contributed by atoms with Crippen LogP contribution in [0.3, 0.4) is 0 Å². The summed E-state index contributed by atoms with van der Waals surface area (Å²) in [5.41, 5.74) is 0. The fraction of sp³-hybridized carbons (Fsp3) is 0.741. The predicted octanol–water partition coefficient (Wildman–Crippen LogP) is 24.1. The summed E-state index contributed by atoms with van der Waals surface area (Å²) >= 11 is 0. The SMILES string of the molecule is CC/C=C\C/C=C\C/C=C\C/C=C\C/C=C\C/C=C\CCC(=O)OCC(COP(=O)(O)OCC(O)COP(=O)(O)OCC(COC(=O)CCCCCCCCC/C=C\C/C=C\C/C=C\CC)OC(=O)CCCCCCCCCCCCCCCCC)OC(=O)CCCCCCCCCCCCCCC. The molecule has 3 N–H and O–H groups in total. The quantitative estimate of drug-likeness (QED) is 0.0169. The third-order valence-corrected chi connectivity index (χ3v) is 19.2. The molecule has 0 saturated carbocycles. The van der Waals surface area contributed by atoms with Gasteiger partial charge in [-0.1, -0.05) is 336 Å². The van der Waals surface area contributed by atoms with Gasteiger partial charge in [-0.15, -0.1) is 0 Å². The lowest BCUT2D eigenvalue weighted by molar-refractivity contribution is -0.161. The highest BCUT2D eigenvalue weighted by molar-refractivity contribution is 7.47. The Kier molecular flexibility index (Phi) is 73.7. The number of allylic oxidation sites excluding steroid dienone is 18. The van der Waals surface area contributed by atoms with Crippen LogP contribution in [0.1, 0.15) is 349 Å². The van der Waals surface area contributed by atoms with Crippen LogP contribution < -0.4 is 0 Å². The molecule has 19 heteroatoms. The number of esters is 4. The lowest BCUT2D eigenvalue weighted by Crippen LogP contribution is -2.30. The van der Waals surface area contributed by atoms with Crippen LogP contribution in [0.4, 0.5) is 0 Å². The average Bonchev–Trinajstić information content (AvgIpc) is 0.939. The lowest BCUT2D eigenvalue weighted by Gasteiger charge is -2.21. The smallest absolute Gasteiger partial charge is 0.462 e.